The predicted molar refractivity (Wildman–Crippen MR) is 53.4 cm³/mol. The zero-order valence-corrected chi connectivity index (χ0v) is 8.43. The monoisotopic (exact) mass is 214 g/mol. The van der Waals surface area contributed by atoms with Gasteiger partial charge < -0.3 is 5.73 Å². The van der Waals surface area contributed by atoms with E-state index in [1.54, 1.807) is 17.1 Å². The molecule has 0 aliphatic rings. The van der Waals surface area contributed by atoms with E-state index in [1.165, 1.54) is 11.3 Å². The third-order valence-electron chi connectivity index (χ3n) is 1.56. The molecule has 0 aliphatic carbocycles. The molecule has 68 valence electrons. The third kappa shape index (κ3) is 1.52. The zero-order valence-electron chi connectivity index (χ0n) is 6.86. The maximum Gasteiger partial charge on any atom is 0.182 e. The Morgan fingerprint density at radius 2 is 2.38 bits per heavy atom. The number of thiazole rings is 1. The number of anilines is 1. The van der Waals surface area contributed by atoms with Crippen LogP contribution in [0.3, 0.4) is 0 Å². The van der Waals surface area contributed by atoms with Crippen molar-refractivity contribution in [1.82, 2.24) is 14.8 Å². The van der Waals surface area contributed by atoms with Crippen LogP contribution in [0, 0.1) is 6.92 Å². The van der Waals surface area contributed by atoms with Gasteiger partial charge in [0.05, 0.1) is 17.4 Å². The normalized spacial score (nSPS) is 10.6. The van der Waals surface area contributed by atoms with Crippen LogP contribution in [0.1, 0.15) is 4.88 Å². The van der Waals surface area contributed by atoms with Crippen molar-refractivity contribution in [1.29, 1.82) is 0 Å². The van der Waals surface area contributed by atoms with Crippen molar-refractivity contribution >= 4 is 28.1 Å². The highest BCUT2D eigenvalue weighted by Crippen LogP contribution is 2.22. The second-order valence-electron chi connectivity index (χ2n) is 2.54. The van der Waals surface area contributed by atoms with Crippen molar-refractivity contribution < 1.29 is 0 Å². The highest BCUT2D eigenvalue weighted by atomic mass is 35.5. The van der Waals surface area contributed by atoms with E-state index < -0.39 is 0 Å². The molecule has 0 saturated heterocycles. The summed E-state index contributed by atoms with van der Waals surface area (Å²) in [5.74, 6) is 0.745. The standard InChI is InChI=1S/C7H7ClN4S/c1-4-6(11-7(9)13-4)12-3-5(8)2-10-12/h2-3H,1H3,(H2,9,11). The Hall–Kier alpha value is -1.07. The van der Waals surface area contributed by atoms with Gasteiger partial charge in [0.15, 0.2) is 10.9 Å². The van der Waals surface area contributed by atoms with E-state index in [-0.39, 0.29) is 0 Å². The fourth-order valence-electron chi connectivity index (χ4n) is 1.04. The first-order valence-corrected chi connectivity index (χ1v) is 4.79. The summed E-state index contributed by atoms with van der Waals surface area (Å²) >= 11 is 7.17. The largest absolute Gasteiger partial charge is 0.375 e. The molecule has 2 heterocycles. The van der Waals surface area contributed by atoms with E-state index in [0.29, 0.717) is 10.2 Å². The van der Waals surface area contributed by atoms with E-state index in [4.69, 9.17) is 17.3 Å². The lowest BCUT2D eigenvalue weighted by Gasteiger charge is -1.94. The first-order valence-electron chi connectivity index (χ1n) is 3.60. The molecule has 6 heteroatoms. The topological polar surface area (TPSA) is 56.7 Å². The molecule has 0 radical (unpaired) electrons. The van der Waals surface area contributed by atoms with Crippen molar-refractivity contribution in [3.63, 3.8) is 0 Å². The van der Waals surface area contributed by atoms with Gasteiger partial charge in [0.2, 0.25) is 0 Å². The minimum absolute atomic E-state index is 0.541. The summed E-state index contributed by atoms with van der Waals surface area (Å²) in [6.07, 6.45) is 3.26. The number of aryl methyl sites for hydroxylation is 1. The molecule has 0 fully saturated rings. The number of nitrogen functional groups attached to an aromatic ring is 1. The van der Waals surface area contributed by atoms with Gasteiger partial charge in [0.1, 0.15) is 0 Å². The molecule has 4 nitrogen and oxygen atoms in total. The van der Waals surface area contributed by atoms with Gasteiger partial charge in [0.25, 0.3) is 0 Å². The van der Waals surface area contributed by atoms with Crippen molar-refractivity contribution in [3.8, 4) is 5.82 Å². The van der Waals surface area contributed by atoms with Gasteiger partial charge in [-0.15, -0.1) is 11.3 Å². The Bertz CT molecular complexity index is 433. The van der Waals surface area contributed by atoms with Gasteiger partial charge in [0, 0.05) is 4.88 Å². The Labute approximate surface area is 84.0 Å². The lowest BCUT2D eigenvalue weighted by Crippen LogP contribution is -1.96. The molecular weight excluding hydrogens is 208 g/mol. The zero-order chi connectivity index (χ0) is 9.42. The summed E-state index contributed by atoms with van der Waals surface area (Å²) in [5, 5.41) is 5.16. The molecule has 0 bridgehead atoms. The molecule has 0 saturated carbocycles. The first kappa shape index (κ1) is 8.52. The van der Waals surface area contributed by atoms with Crippen LogP contribution in [0.5, 0.6) is 0 Å². The molecule has 0 unspecified atom stereocenters. The minimum atomic E-state index is 0.541. The summed E-state index contributed by atoms with van der Waals surface area (Å²) < 4.78 is 1.62. The molecule has 0 aliphatic heterocycles. The minimum Gasteiger partial charge on any atom is -0.375 e. The van der Waals surface area contributed by atoms with Crippen LogP contribution in [-0.4, -0.2) is 14.8 Å². The van der Waals surface area contributed by atoms with Crippen LogP contribution in [0.25, 0.3) is 5.82 Å². The molecule has 2 aromatic rings. The van der Waals surface area contributed by atoms with Crippen molar-refractivity contribution in [2.45, 2.75) is 6.92 Å². The fraction of sp³-hybridized carbons (Fsp3) is 0.143. The highest BCUT2D eigenvalue weighted by Gasteiger charge is 2.08. The van der Waals surface area contributed by atoms with E-state index in [1.807, 2.05) is 6.92 Å². The first-order chi connectivity index (χ1) is 6.16. The summed E-state index contributed by atoms with van der Waals surface area (Å²) in [6.45, 7) is 1.94. The number of aromatic nitrogens is 3. The number of nitrogens with zero attached hydrogens (tertiary/aromatic N) is 3. The second-order valence-corrected chi connectivity index (χ2v) is 4.21. The number of hydrogen-bond donors (Lipinski definition) is 1. The summed E-state index contributed by atoms with van der Waals surface area (Å²) in [5.41, 5.74) is 5.56. The van der Waals surface area contributed by atoms with Crippen LogP contribution >= 0.6 is 22.9 Å². The molecule has 0 amide bonds. The lowest BCUT2D eigenvalue weighted by molar-refractivity contribution is 0.850. The molecule has 0 spiro atoms. The third-order valence-corrected chi connectivity index (χ3v) is 2.54. The van der Waals surface area contributed by atoms with Crippen LogP contribution in [0.4, 0.5) is 5.13 Å². The maximum atomic E-state index is 5.73. The van der Waals surface area contributed by atoms with Gasteiger partial charge in [-0.05, 0) is 6.92 Å². The van der Waals surface area contributed by atoms with E-state index in [9.17, 15) is 0 Å². The molecule has 2 aromatic heterocycles. The molecule has 0 atom stereocenters. The molecule has 0 aromatic carbocycles. The quantitative estimate of drug-likeness (QED) is 0.789. The average Bonchev–Trinajstić information content (AvgIpc) is 2.58. The van der Waals surface area contributed by atoms with E-state index in [2.05, 4.69) is 10.1 Å². The Morgan fingerprint density at radius 1 is 1.62 bits per heavy atom. The van der Waals surface area contributed by atoms with Crippen molar-refractivity contribution in [2.75, 3.05) is 5.73 Å². The number of nitrogens with two attached hydrogens (primary N) is 1. The average molecular weight is 215 g/mol. The fourth-order valence-corrected chi connectivity index (χ4v) is 1.85. The van der Waals surface area contributed by atoms with E-state index in [0.717, 1.165) is 10.7 Å². The number of rotatable bonds is 1. The van der Waals surface area contributed by atoms with Gasteiger partial charge in [-0.3, -0.25) is 0 Å². The predicted octanol–water partition coefficient (Wildman–Crippen LogP) is 1.87. The van der Waals surface area contributed by atoms with Gasteiger partial charge in [-0.25, -0.2) is 9.67 Å². The van der Waals surface area contributed by atoms with Crippen LogP contribution < -0.4 is 5.73 Å². The molecular formula is C7H7ClN4S. The summed E-state index contributed by atoms with van der Waals surface area (Å²) in [7, 11) is 0. The smallest absolute Gasteiger partial charge is 0.182 e. The Morgan fingerprint density at radius 3 is 2.85 bits per heavy atom. The molecule has 2 N–H and O–H groups in total. The maximum absolute atomic E-state index is 5.73. The number of halogens is 1. The van der Waals surface area contributed by atoms with E-state index >= 15 is 0 Å². The van der Waals surface area contributed by atoms with Gasteiger partial charge >= 0.3 is 0 Å². The van der Waals surface area contributed by atoms with Gasteiger partial charge in [-0.1, -0.05) is 11.6 Å². The van der Waals surface area contributed by atoms with Crippen LogP contribution in [0.2, 0.25) is 5.02 Å². The lowest BCUT2D eigenvalue weighted by atomic mass is 10.5. The van der Waals surface area contributed by atoms with Crippen molar-refractivity contribution in [2.24, 2.45) is 0 Å². The van der Waals surface area contributed by atoms with Gasteiger partial charge in [-0.2, -0.15) is 5.10 Å². The SMILES string of the molecule is Cc1sc(N)nc1-n1cc(Cl)cn1. The Kier molecular flexibility index (Phi) is 1.97. The summed E-state index contributed by atoms with van der Waals surface area (Å²) in [4.78, 5) is 5.16. The highest BCUT2D eigenvalue weighted by molar-refractivity contribution is 7.15. The second kappa shape index (κ2) is 3.01. The van der Waals surface area contributed by atoms with Crippen LogP contribution in [0.15, 0.2) is 12.4 Å². The van der Waals surface area contributed by atoms with Crippen LogP contribution in [-0.2, 0) is 0 Å². The number of hydrogen-bond acceptors (Lipinski definition) is 4. The Balaban J connectivity index is 2.51. The van der Waals surface area contributed by atoms with Crippen molar-refractivity contribution in [3.05, 3.63) is 22.3 Å². The summed E-state index contributed by atoms with van der Waals surface area (Å²) in [6, 6.07) is 0. The molecule has 13 heavy (non-hydrogen) atoms. The molecule has 2 rings (SSSR count).